The summed E-state index contributed by atoms with van der Waals surface area (Å²) in [6.45, 7) is 3.86. The first-order chi connectivity index (χ1) is 14.0. The Morgan fingerprint density at radius 1 is 1.07 bits per heavy atom. The van der Waals surface area contributed by atoms with Crippen LogP contribution >= 0.6 is 24.0 Å². The average Bonchev–Trinajstić information content (AvgIpc) is 3.46. The van der Waals surface area contributed by atoms with Crippen molar-refractivity contribution in [3.63, 3.8) is 0 Å². The summed E-state index contributed by atoms with van der Waals surface area (Å²) < 4.78 is 28.0. The molecule has 1 aliphatic carbocycles. The number of hydrogen-bond acceptors (Lipinski definition) is 3. The molecule has 1 aromatic heterocycles. The number of guanidine groups is 1. The van der Waals surface area contributed by atoms with E-state index in [1.807, 2.05) is 19.1 Å². The monoisotopic (exact) mass is 527 g/mol. The Morgan fingerprint density at radius 3 is 2.37 bits per heavy atom. The van der Waals surface area contributed by atoms with Crippen molar-refractivity contribution < 1.29 is 8.78 Å². The van der Waals surface area contributed by atoms with E-state index in [1.54, 1.807) is 7.05 Å². The fourth-order valence-corrected chi connectivity index (χ4v) is 4.04. The van der Waals surface area contributed by atoms with Gasteiger partial charge in [0.05, 0.1) is 0 Å². The van der Waals surface area contributed by atoms with E-state index >= 15 is 0 Å². The van der Waals surface area contributed by atoms with Crippen LogP contribution in [0.25, 0.3) is 0 Å². The number of benzene rings is 1. The Bertz CT molecular complexity index is 879. The second-order valence-electron chi connectivity index (χ2n) is 7.84. The van der Waals surface area contributed by atoms with E-state index in [-0.39, 0.29) is 41.5 Å². The zero-order chi connectivity index (χ0) is 20.4. The molecule has 0 radical (unpaired) electrons. The fraction of sp³-hybridized carbons (Fsp3) is 0.455. The van der Waals surface area contributed by atoms with E-state index < -0.39 is 11.6 Å². The number of nitrogens with one attached hydrogen (secondary N) is 2. The lowest BCUT2D eigenvalue weighted by molar-refractivity contribution is 0.459. The maximum absolute atomic E-state index is 14.0. The normalized spacial score (nSPS) is 21.7. The zero-order valence-electron chi connectivity index (χ0n) is 17.2. The Labute approximate surface area is 193 Å². The molecule has 5 nitrogen and oxygen atoms in total. The van der Waals surface area contributed by atoms with Crippen molar-refractivity contribution in [1.29, 1.82) is 0 Å². The fourth-order valence-electron chi connectivity index (χ4n) is 4.04. The van der Waals surface area contributed by atoms with Crippen molar-refractivity contribution >= 4 is 35.8 Å². The third kappa shape index (κ3) is 5.19. The highest BCUT2D eigenvalue weighted by Gasteiger charge is 2.42. The van der Waals surface area contributed by atoms with Crippen molar-refractivity contribution in [1.82, 2.24) is 15.6 Å². The van der Waals surface area contributed by atoms with E-state index in [2.05, 4.69) is 31.6 Å². The van der Waals surface area contributed by atoms with Gasteiger partial charge in [0.15, 0.2) is 5.96 Å². The van der Waals surface area contributed by atoms with Crippen LogP contribution in [0.1, 0.15) is 36.4 Å². The quantitative estimate of drug-likeness (QED) is 0.359. The Kier molecular flexibility index (Phi) is 7.49. The number of aryl methyl sites for hydroxylation is 1. The van der Waals surface area contributed by atoms with E-state index in [4.69, 9.17) is 0 Å². The van der Waals surface area contributed by atoms with Crippen LogP contribution in [0.5, 0.6) is 0 Å². The largest absolute Gasteiger partial charge is 0.356 e. The van der Waals surface area contributed by atoms with Gasteiger partial charge >= 0.3 is 0 Å². The molecule has 2 aliphatic rings. The lowest BCUT2D eigenvalue weighted by atomic mass is 10.1. The summed E-state index contributed by atoms with van der Waals surface area (Å²) in [6.07, 6.45) is 2.66. The Hall–Kier alpha value is -1.97. The molecule has 0 bridgehead atoms. The van der Waals surface area contributed by atoms with Crippen LogP contribution in [-0.2, 0) is 0 Å². The van der Waals surface area contributed by atoms with Gasteiger partial charge < -0.3 is 15.5 Å². The molecule has 1 aromatic carbocycles. The van der Waals surface area contributed by atoms with E-state index in [1.165, 1.54) is 18.2 Å². The smallest absolute Gasteiger partial charge is 0.191 e. The minimum Gasteiger partial charge on any atom is -0.356 e. The zero-order valence-corrected chi connectivity index (χ0v) is 19.6. The maximum atomic E-state index is 14.0. The van der Waals surface area contributed by atoms with Crippen LogP contribution in [0.2, 0.25) is 0 Å². The predicted octanol–water partition coefficient (Wildman–Crippen LogP) is 3.98. The van der Waals surface area contributed by atoms with Crippen molar-refractivity contribution in [3.05, 3.63) is 59.3 Å². The maximum Gasteiger partial charge on any atom is 0.191 e. The number of pyridine rings is 1. The summed E-state index contributed by atoms with van der Waals surface area (Å²) >= 11 is 0. The minimum atomic E-state index is -0.473. The molecule has 2 unspecified atom stereocenters. The van der Waals surface area contributed by atoms with Crippen LogP contribution < -0.4 is 15.5 Å². The third-order valence-corrected chi connectivity index (χ3v) is 5.74. The molecule has 8 heteroatoms. The van der Waals surface area contributed by atoms with Gasteiger partial charge in [0.2, 0.25) is 0 Å². The first-order valence-corrected chi connectivity index (χ1v) is 10.2. The number of piperidine rings is 1. The number of hydrogen-bond donors (Lipinski definition) is 2. The molecule has 162 valence electrons. The molecular weight excluding hydrogens is 499 g/mol. The highest BCUT2D eigenvalue weighted by atomic mass is 127. The number of aromatic nitrogens is 1. The van der Waals surface area contributed by atoms with Gasteiger partial charge in [0, 0.05) is 49.4 Å². The average molecular weight is 527 g/mol. The lowest BCUT2D eigenvalue weighted by Crippen LogP contribution is -2.49. The second-order valence-corrected chi connectivity index (χ2v) is 7.84. The minimum absolute atomic E-state index is 0. The number of rotatable bonds is 4. The molecule has 2 fully saturated rings. The molecule has 1 saturated carbocycles. The molecule has 2 atom stereocenters. The highest BCUT2D eigenvalue weighted by Crippen LogP contribution is 2.43. The first-order valence-electron chi connectivity index (χ1n) is 10.2. The van der Waals surface area contributed by atoms with E-state index in [0.717, 1.165) is 37.4 Å². The summed E-state index contributed by atoms with van der Waals surface area (Å²) in [4.78, 5) is 11.2. The molecular formula is C22H28F2IN5. The highest BCUT2D eigenvalue weighted by molar-refractivity contribution is 14.0. The van der Waals surface area contributed by atoms with Gasteiger partial charge in [-0.1, -0.05) is 12.1 Å². The van der Waals surface area contributed by atoms with Gasteiger partial charge in [-0.2, -0.15) is 0 Å². The SMILES string of the molecule is CN=C(NC1CCN(c2cccc(C)n2)CC1)NC1CC1c1c(F)cccc1F.I. The Morgan fingerprint density at radius 2 is 1.73 bits per heavy atom. The molecule has 30 heavy (non-hydrogen) atoms. The molecule has 2 heterocycles. The van der Waals surface area contributed by atoms with Gasteiger partial charge in [-0.25, -0.2) is 13.8 Å². The molecule has 0 spiro atoms. The van der Waals surface area contributed by atoms with Crippen LogP contribution in [-0.4, -0.2) is 43.2 Å². The molecule has 4 rings (SSSR count). The van der Waals surface area contributed by atoms with Gasteiger partial charge in [-0.3, -0.25) is 4.99 Å². The van der Waals surface area contributed by atoms with Crippen molar-refractivity contribution in [2.24, 2.45) is 4.99 Å². The lowest BCUT2D eigenvalue weighted by Gasteiger charge is -2.34. The van der Waals surface area contributed by atoms with E-state index in [0.29, 0.717) is 18.4 Å². The van der Waals surface area contributed by atoms with Crippen molar-refractivity contribution in [3.8, 4) is 0 Å². The summed E-state index contributed by atoms with van der Waals surface area (Å²) in [6, 6.07) is 10.4. The van der Waals surface area contributed by atoms with Gasteiger partial charge in [-0.15, -0.1) is 24.0 Å². The number of nitrogens with zero attached hydrogens (tertiary/aromatic N) is 3. The molecule has 0 amide bonds. The molecule has 1 saturated heterocycles. The predicted molar refractivity (Wildman–Crippen MR) is 127 cm³/mol. The summed E-state index contributed by atoms with van der Waals surface area (Å²) in [5, 5.41) is 6.79. The molecule has 2 aromatic rings. The van der Waals surface area contributed by atoms with Crippen LogP contribution in [0.15, 0.2) is 41.4 Å². The summed E-state index contributed by atoms with van der Waals surface area (Å²) in [5.74, 6) is 0.628. The standard InChI is InChI=1S/C22H27F2N5.HI/c1-14-5-3-8-20(26-14)29-11-9-15(10-12-29)27-22(25-2)28-19-13-16(19)21-17(23)6-4-7-18(21)24;/h3-8,15-16,19H,9-13H2,1-2H3,(H2,25,27,28);1H. The second kappa shape index (κ2) is 9.89. The van der Waals surface area contributed by atoms with Gasteiger partial charge in [0.25, 0.3) is 0 Å². The summed E-state index contributed by atoms with van der Waals surface area (Å²) in [5.41, 5.74) is 1.21. The van der Waals surface area contributed by atoms with Crippen molar-refractivity contribution in [2.75, 3.05) is 25.0 Å². The molecule has 1 aliphatic heterocycles. The van der Waals surface area contributed by atoms with E-state index in [9.17, 15) is 8.78 Å². The molecule has 2 N–H and O–H groups in total. The Balaban J connectivity index is 0.00000256. The third-order valence-electron chi connectivity index (χ3n) is 5.74. The van der Waals surface area contributed by atoms with Gasteiger partial charge in [-0.05, 0) is 50.5 Å². The van der Waals surface area contributed by atoms with Crippen molar-refractivity contribution in [2.45, 2.75) is 44.2 Å². The van der Waals surface area contributed by atoms with Crippen LogP contribution in [0, 0.1) is 18.6 Å². The first kappa shape index (κ1) is 22.7. The number of anilines is 1. The topological polar surface area (TPSA) is 52.6 Å². The van der Waals surface area contributed by atoms with Crippen LogP contribution in [0.3, 0.4) is 0 Å². The number of aliphatic imine (C=N–C) groups is 1. The van der Waals surface area contributed by atoms with Gasteiger partial charge in [0.1, 0.15) is 17.5 Å². The number of halogens is 3. The van der Waals surface area contributed by atoms with Crippen LogP contribution in [0.4, 0.5) is 14.6 Å². The summed E-state index contributed by atoms with van der Waals surface area (Å²) in [7, 11) is 1.72.